The fraction of sp³-hybridized carbons (Fsp3) is 0.0714. The summed E-state index contributed by atoms with van der Waals surface area (Å²) in [4.78, 5) is 4.42. The Bertz CT molecular complexity index is 623. The molecule has 0 spiro atoms. The maximum absolute atomic E-state index is 5.36. The van der Waals surface area contributed by atoms with Gasteiger partial charge in [-0.15, -0.1) is 0 Å². The van der Waals surface area contributed by atoms with Crippen molar-refractivity contribution in [2.75, 3.05) is 0 Å². The maximum Gasteiger partial charge on any atom is 0.137 e. The number of benzene rings is 1. The fourth-order valence-corrected chi connectivity index (χ4v) is 1.84. The molecule has 2 heterocycles. The Morgan fingerprint density at radius 2 is 1.81 bits per heavy atom. The summed E-state index contributed by atoms with van der Waals surface area (Å²) in [5.74, 6) is 0. The fourth-order valence-electron chi connectivity index (χ4n) is 1.84. The lowest BCUT2D eigenvalue weighted by atomic mass is 10.1. The summed E-state index contributed by atoms with van der Waals surface area (Å²) in [6, 6.07) is 12.2. The van der Waals surface area contributed by atoms with Crippen LogP contribution in [0.3, 0.4) is 0 Å². The van der Waals surface area contributed by atoms with Gasteiger partial charge in [-0.05, 0) is 19.1 Å². The molecule has 0 radical (unpaired) electrons. The van der Waals surface area contributed by atoms with Crippen molar-refractivity contribution in [2.45, 2.75) is 6.92 Å². The summed E-state index contributed by atoms with van der Waals surface area (Å²) in [6.07, 6.45) is 3.48. The van der Waals surface area contributed by atoms with E-state index < -0.39 is 0 Å². The Labute approximate surface area is 93.5 Å². The molecule has 0 atom stereocenters. The third-order valence-corrected chi connectivity index (χ3v) is 2.70. The zero-order chi connectivity index (χ0) is 11.0. The summed E-state index contributed by atoms with van der Waals surface area (Å²) in [7, 11) is 0. The first-order valence-corrected chi connectivity index (χ1v) is 5.24. The van der Waals surface area contributed by atoms with Crippen molar-refractivity contribution >= 4 is 11.0 Å². The summed E-state index contributed by atoms with van der Waals surface area (Å²) >= 11 is 0. The summed E-state index contributed by atoms with van der Waals surface area (Å²) < 4.78 is 5.36. The largest absolute Gasteiger partial charge is 0.464 e. The molecule has 0 amide bonds. The Morgan fingerprint density at radius 3 is 2.62 bits per heavy atom. The van der Waals surface area contributed by atoms with Gasteiger partial charge in [0, 0.05) is 17.1 Å². The van der Waals surface area contributed by atoms with Gasteiger partial charge in [-0.1, -0.05) is 29.8 Å². The van der Waals surface area contributed by atoms with E-state index in [0.717, 1.165) is 22.2 Å². The minimum atomic E-state index is 0.880. The van der Waals surface area contributed by atoms with Crippen LogP contribution in [0.15, 0.2) is 53.3 Å². The van der Waals surface area contributed by atoms with Gasteiger partial charge in [0.2, 0.25) is 0 Å². The first kappa shape index (κ1) is 9.16. The zero-order valence-corrected chi connectivity index (χ0v) is 8.97. The van der Waals surface area contributed by atoms with Crippen LogP contribution in [0.5, 0.6) is 0 Å². The highest BCUT2D eigenvalue weighted by Crippen LogP contribution is 2.26. The molecule has 2 heteroatoms. The van der Waals surface area contributed by atoms with Crippen molar-refractivity contribution in [1.82, 2.24) is 4.98 Å². The number of hydrogen-bond donors (Lipinski definition) is 0. The van der Waals surface area contributed by atoms with Crippen LogP contribution in [-0.2, 0) is 0 Å². The van der Waals surface area contributed by atoms with Gasteiger partial charge in [0.15, 0.2) is 0 Å². The Balaban J connectivity index is 2.25. The molecular weight excluding hydrogens is 198 g/mol. The molecule has 0 N–H and O–H groups in total. The molecule has 2 aromatic heterocycles. The summed E-state index contributed by atoms with van der Waals surface area (Å²) in [5.41, 5.74) is 4.23. The van der Waals surface area contributed by atoms with Crippen molar-refractivity contribution in [3.8, 4) is 11.3 Å². The van der Waals surface area contributed by atoms with Gasteiger partial charge in [-0.25, -0.2) is 0 Å². The summed E-state index contributed by atoms with van der Waals surface area (Å²) in [5, 5.41) is 1.06. The molecule has 0 bridgehead atoms. The second-order valence-corrected chi connectivity index (χ2v) is 3.86. The third kappa shape index (κ3) is 1.39. The summed E-state index contributed by atoms with van der Waals surface area (Å²) in [6.45, 7) is 2.08. The molecular formula is C14H11NO. The van der Waals surface area contributed by atoms with E-state index in [1.807, 2.05) is 12.1 Å². The van der Waals surface area contributed by atoms with Crippen LogP contribution >= 0.6 is 0 Å². The predicted octanol–water partition coefficient (Wildman–Crippen LogP) is 3.80. The van der Waals surface area contributed by atoms with Gasteiger partial charge < -0.3 is 4.42 Å². The van der Waals surface area contributed by atoms with Crippen LogP contribution < -0.4 is 0 Å². The average molecular weight is 209 g/mol. The van der Waals surface area contributed by atoms with Gasteiger partial charge in [-0.3, -0.25) is 4.98 Å². The second kappa shape index (κ2) is 3.49. The average Bonchev–Trinajstić information content (AvgIpc) is 2.78. The highest BCUT2D eigenvalue weighted by molar-refractivity contribution is 5.91. The highest BCUT2D eigenvalue weighted by Gasteiger charge is 2.06. The Morgan fingerprint density at radius 1 is 1.00 bits per heavy atom. The van der Waals surface area contributed by atoms with Gasteiger partial charge in [-0.2, -0.15) is 0 Å². The van der Waals surface area contributed by atoms with E-state index in [9.17, 15) is 0 Å². The van der Waals surface area contributed by atoms with Gasteiger partial charge in [0.1, 0.15) is 5.58 Å². The SMILES string of the molecule is Cc1ccc(-c2nccc3occc23)cc1. The Kier molecular flexibility index (Phi) is 2.00. The predicted molar refractivity (Wildman–Crippen MR) is 64.2 cm³/mol. The minimum Gasteiger partial charge on any atom is -0.464 e. The van der Waals surface area contributed by atoms with Crippen molar-refractivity contribution in [3.05, 3.63) is 54.4 Å². The standard InChI is InChI=1S/C14H11NO/c1-10-2-4-11(5-3-10)14-12-7-9-16-13(12)6-8-15-14/h2-9H,1H3. The second-order valence-electron chi connectivity index (χ2n) is 3.86. The Hall–Kier alpha value is -2.09. The van der Waals surface area contributed by atoms with Crippen LogP contribution in [0.1, 0.15) is 5.56 Å². The number of pyridine rings is 1. The number of aryl methyl sites for hydroxylation is 1. The maximum atomic E-state index is 5.36. The highest BCUT2D eigenvalue weighted by atomic mass is 16.3. The lowest BCUT2D eigenvalue weighted by Crippen LogP contribution is -1.83. The normalized spacial score (nSPS) is 10.8. The van der Waals surface area contributed by atoms with Crippen LogP contribution in [0.4, 0.5) is 0 Å². The van der Waals surface area contributed by atoms with Crippen molar-refractivity contribution < 1.29 is 4.42 Å². The lowest BCUT2D eigenvalue weighted by molar-refractivity contribution is 0.615. The quantitative estimate of drug-likeness (QED) is 0.609. The molecule has 0 fully saturated rings. The monoisotopic (exact) mass is 209 g/mol. The minimum absolute atomic E-state index is 0.880. The number of rotatable bonds is 1. The van der Waals surface area contributed by atoms with Crippen LogP contribution in [0.25, 0.3) is 22.2 Å². The van der Waals surface area contributed by atoms with Gasteiger partial charge in [0.25, 0.3) is 0 Å². The van der Waals surface area contributed by atoms with E-state index in [-0.39, 0.29) is 0 Å². The van der Waals surface area contributed by atoms with E-state index in [2.05, 4.69) is 36.2 Å². The van der Waals surface area contributed by atoms with Crippen molar-refractivity contribution in [2.24, 2.45) is 0 Å². The smallest absolute Gasteiger partial charge is 0.137 e. The van der Waals surface area contributed by atoms with E-state index >= 15 is 0 Å². The molecule has 0 aliphatic heterocycles. The zero-order valence-electron chi connectivity index (χ0n) is 8.97. The molecule has 78 valence electrons. The van der Waals surface area contributed by atoms with E-state index in [4.69, 9.17) is 4.42 Å². The third-order valence-electron chi connectivity index (χ3n) is 2.70. The molecule has 3 aromatic rings. The molecule has 0 unspecified atom stereocenters. The lowest BCUT2D eigenvalue weighted by Gasteiger charge is -2.02. The number of fused-ring (bicyclic) bond motifs is 1. The molecule has 0 aliphatic rings. The molecule has 3 rings (SSSR count). The van der Waals surface area contributed by atoms with E-state index in [1.54, 1.807) is 12.5 Å². The molecule has 0 saturated carbocycles. The first-order valence-electron chi connectivity index (χ1n) is 5.24. The first-order chi connectivity index (χ1) is 7.84. The molecule has 0 aliphatic carbocycles. The molecule has 1 aromatic carbocycles. The van der Waals surface area contributed by atoms with Gasteiger partial charge in [0.05, 0.1) is 12.0 Å². The van der Waals surface area contributed by atoms with Crippen molar-refractivity contribution in [1.29, 1.82) is 0 Å². The van der Waals surface area contributed by atoms with Crippen LogP contribution in [0, 0.1) is 6.92 Å². The number of nitrogens with zero attached hydrogens (tertiary/aromatic N) is 1. The van der Waals surface area contributed by atoms with E-state index in [0.29, 0.717) is 0 Å². The van der Waals surface area contributed by atoms with Crippen molar-refractivity contribution in [3.63, 3.8) is 0 Å². The van der Waals surface area contributed by atoms with Crippen LogP contribution in [-0.4, -0.2) is 4.98 Å². The topological polar surface area (TPSA) is 26.0 Å². The van der Waals surface area contributed by atoms with E-state index in [1.165, 1.54) is 5.56 Å². The molecule has 2 nitrogen and oxygen atoms in total. The van der Waals surface area contributed by atoms with Crippen LogP contribution in [0.2, 0.25) is 0 Å². The number of aromatic nitrogens is 1. The van der Waals surface area contributed by atoms with Gasteiger partial charge >= 0.3 is 0 Å². The molecule has 16 heavy (non-hydrogen) atoms. The number of hydrogen-bond acceptors (Lipinski definition) is 2. The molecule has 0 saturated heterocycles. The number of furan rings is 1.